The van der Waals surface area contributed by atoms with Crippen molar-refractivity contribution in [1.29, 1.82) is 0 Å². The first kappa shape index (κ1) is 21.6. The molecule has 3 aromatic rings. The van der Waals surface area contributed by atoms with Crippen LogP contribution in [0.4, 0.5) is 0 Å². The molecule has 1 unspecified atom stereocenters. The minimum Gasteiger partial charge on any atom is -0.505 e. The molecule has 0 aliphatic heterocycles. The van der Waals surface area contributed by atoms with Gasteiger partial charge in [-0.15, -0.1) is 9.90 Å². The van der Waals surface area contributed by atoms with Crippen molar-refractivity contribution < 1.29 is 24.4 Å². The Hall–Kier alpha value is -2.66. The number of pyridine rings is 1. The van der Waals surface area contributed by atoms with E-state index in [-0.39, 0.29) is 18.5 Å². The van der Waals surface area contributed by atoms with E-state index in [2.05, 4.69) is 27.8 Å². The van der Waals surface area contributed by atoms with Gasteiger partial charge in [-0.1, -0.05) is 0 Å². The number of phenolic OH excluding ortho intramolecular Hbond substituents is 1. The van der Waals surface area contributed by atoms with Gasteiger partial charge >= 0.3 is 0 Å². The van der Waals surface area contributed by atoms with Crippen molar-refractivity contribution in [3.63, 3.8) is 0 Å². The summed E-state index contributed by atoms with van der Waals surface area (Å²) in [6.45, 7) is 3.02. The normalized spacial score (nSPS) is 15.7. The Labute approximate surface area is 184 Å². The van der Waals surface area contributed by atoms with E-state index in [1.165, 1.54) is 4.80 Å². The van der Waals surface area contributed by atoms with Gasteiger partial charge in [0.1, 0.15) is 18.0 Å². The lowest BCUT2D eigenvalue weighted by atomic mass is 9.97. The van der Waals surface area contributed by atoms with Crippen LogP contribution in [0.1, 0.15) is 18.3 Å². The Morgan fingerprint density at radius 1 is 1.19 bits per heavy atom. The average molecular weight is 445 g/mol. The van der Waals surface area contributed by atoms with Crippen LogP contribution in [-0.2, 0) is 20.9 Å². The first-order valence-corrected chi connectivity index (χ1v) is 10.6. The molecule has 1 aliphatic rings. The van der Waals surface area contributed by atoms with E-state index >= 15 is 0 Å². The summed E-state index contributed by atoms with van der Waals surface area (Å²) >= 11 is 4.16. The van der Waals surface area contributed by atoms with Gasteiger partial charge < -0.3 is 14.6 Å². The van der Waals surface area contributed by atoms with Crippen molar-refractivity contribution in [1.82, 2.24) is 20.0 Å². The van der Waals surface area contributed by atoms with Crippen LogP contribution >= 0.6 is 12.6 Å². The van der Waals surface area contributed by atoms with Crippen LogP contribution in [0.3, 0.4) is 0 Å². The van der Waals surface area contributed by atoms with E-state index in [1.54, 1.807) is 25.4 Å². The summed E-state index contributed by atoms with van der Waals surface area (Å²) in [6.07, 6.45) is 3.85. The molecule has 1 atom stereocenters. The number of fused-ring (bicyclic) bond motifs is 2. The Balaban J connectivity index is 1.68. The number of thiol groups is 1. The van der Waals surface area contributed by atoms with Gasteiger partial charge in [0.15, 0.2) is 5.75 Å². The van der Waals surface area contributed by atoms with Crippen molar-refractivity contribution in [3.8, 4) is 17.3 Å². The smallest absolute Gasteiger partial charge is 0.221 e. The first-order chi connectivity index (χ1) is 15.2. The molecule has 2 aromatic heterocycles. The van der Waals surface area contributed by atoms with Gasteiger partial charge in [-0.25, -0.2) is 14.8 Å². The van der Waals surface area contributed by atoms with Crippen molar-refractivity contribution in [3.05, 3.63) is 41.4 Å². The standard InChI is InChI=1S/C21H24N4O5S/c1-3-29-30-12-13-10-16-17(11-19(13)27-2)24-25(23-16)18-5-4-15-14(20(18)26)6-7-22-21(15)28-8-9-31/h4-7,10,19,26,31H,3,8-9,11-12H2,1-2H3. The van der Waals surface area contributed by atoms with Crippen LogP contribution < -0.4 is 4.74 Å². The minimum atomic E-state index is -0.180. The summed E-state index contributed by atoms with van der Waals surface area (Å²) in [5.41, 5.74) is 2.85. The Kier molecular flexibility index (Phi) is 6.71. The van der Waals surface area contributed by atoms with E-state index < -0.39 is 0 Å². The van der Waals surface area contributed by atoms with Gasteiger partial charge in [-0.3, -0.25) is 0 Å². The van der Waals surface area contributed by atoms with Gasteiger partial charge in [0.05, 0.1) is 25.0 Å². The molecule has 31 heavy (non-hydrogen) atoms. The molecule has 0 fully saturated rings. The van der Waals surface area contributed by atoms with Crippen molar-refractivity contribution in [2.24, 2.45) is 0 Å². The number of benzene rings is 1. The monoisotopic (exact) mass is 444 g/mol. The van der Waals surface area contributed by atoms with Gasteiger partial charge in [-0.2, -0.15) is 17.7 Å². The van der Waals surface area contributed by atoms with E-state index in [0.29, 0.717) is 53.4 Å². The number of aromatic nitrogens is 4. The molecule has 1 aliphatic carbocycles. The highest BCUT2D eigenvalue weighted by atomic mass is 32.1. The summed E-state index contributed by atoms with van der Waals surface area (Å²) < 4.78 is 11.2. The Bertz CT molecular complexity index is 1100. The molecule has 164 valence electrons. The van der Waals surface area contributed by atoms with Gasteiger partial charge in [-0.05, 0) is 36.8 Å². The quantitative estimate of drug-likeness (QED) is 0.225. The third kappa shape index (κ3) is 4.38. The van der Waals surface area contributed by atoms with Crippen LogP contribution in [-0.4, -0.2) is 63.9 Å². The van der Waals surface area contributed by atoms with Crippen LogP contribution in [0.5, 0.6) is 11.6 Å². The zero-order valence-electron chi connectivity index (χ0n) is 17.3. The number of hydrogen-bond donors (Lipinski definition) is 2. The molecule has 9 nitrogen and oxygen atoms in total. The number of phenols is 1. The van der Waals surface area contributed by atoms with Crippen molar-refractivity contribution in [2.45, 2.75) is 19.4 Å². The maximum atomic E-state index is 10.9. The van der Waals surface area contributed by atoms with Crippen LogP contribution in [0.15, 0.2) is 30.0 Å². The lowest BCUT2D eigenvalue weighted by molar-refractivity contribution is -0.285. The molecule has 4 rings (SSSR count). The third-order valence-corrected chi connectivity index (χ3v) is 5.13. The summed E-state index contributed by atoms with van der Waals surface area (Å²) in [7, 11) is 1.64. The molecule has 0 radical (unpaired) electrons. The summed E-state index contributed by atoms with van der Waals surface area (Å²) in [6, 6.07) is 5.31. The average Bonchev–Trinajstić information content (AvgIpc) is 3.20. The third-order valence-electron chi connectivity index (χ3n) is 4.94. The number of methoxy groups -OCH3 is 1. The Morgan fingerprint density at radius 2 is 2.06 bits per heavy atom. The molecule has 2 heterocycles. The van der Waals surface area contributed by atoms with E-state index in [4.69, 9.17) is 19.2 Å². The number of hydrogen-bond acceptors (Lipinski definition) is 9. The topological polar surface area (TPSA) is 101 Å². The molecule has 1 aromatic carbocycles. The van der Waals surface area contributed by atoms with E-state index in [1.807, 2.05) is 19.1 Å². The second-order valence-corrected chi connectivity index (χ2v) is 7.30. The molecule has 0 spiro atoms. The minimum absolute atomic E-state index is 0.0511. The maximum Gasteiger partial charge on any atom is 0.221 e. The zero-order chi connectivity index (χ0) is 21.8. The predicted octanol–water partition coefficient (Wildman–Crippen LogP) is 2.75. The van der Waals surface area contributed by atoms with Crippen LogP contribution in [0.25, 0.3) is 22.5 Å². The molecule has 1 N–H and O–H groups in total. The molecule has 10 heteroatoms. The lowest BCUT2D eigenvalue weighted by Crippen LogP contribution is -2.24. The second kappa shape index (κ2) is 9.65. The molecule has 0 amide bonds. The highest BCUT2D eigenvalue weighted by molar-refractivity contribution is 7.80. The van der Waals surface area contributed by atoms with E-state index in [9.17, 15) is 5.11 Å². The number of rotatable bonds is 9. The predicted molar refractivity (Wildman–Crippen MR) is 118 cm³/mol. The van der Waals surface area contributed by atoms with Crippen molar-refractivity contribution >= 4 is 29.5 Å². The lowest BCUT2D eigenvalue weighted by Gasteiger charge is -2.21. The fraction of sp³-hybridized carbons (Fsp3) is 0.381. The number of ether oxygens (including phenoxy) is 2. The number of nitrogens with zero attached hydrogens (tertiary/aromatic N) is 4. The Morgan fingerprint density at radius 3 is 2.84 bits per heavy atom. The van der Waals surface area contributed by atoms with Crippen molar-refractivity contribution in [2.75, 3.05) is 32.7 Å². The van der Waals surface area contributed by atoms with Gasteiger partial charge in [0.25, 0.3) is 0 Å². The fourth-order valence-corrected chi connectivity index (χ4v) is 3.56. The molecular weight excluding hydrogens is 420 g/mol. The molecule has 0 bridgehead atoms. The summed E-state index contributed by atoms with van der Waals surface area (Å²) in [5, 5.41) is 21.4. The maximum absolute atomic E-state index is 10.9. The number of aromatic hydroxyl groups is 1. The van der Waals surface area contributed by atoms with Gasteiger partial charge in [0, 0.05) is 36.3 Å². The highest BCUT2D eigenvalue weighted by Gasteiger charge is 2.26. The SMILES string of the molecule is CCOOCC1=Cc2nn(-c3ccc4c(OCCS)nccc4c3O)nc2CC1OC. The van der Waals surface area contributed by atoms with Crippen LogP contribution in [0, 0.1) is 0 Å². The van der Waals surface area contributed by atoms with Crippen LogP contribution in [0.2, 0.25) is 0 Å². The largest absolute Gasteiger partial charge is 0.505 e. The molecular formula is C21H24N4O5S. The summed E-state index contributed by atoms with van der Waals surface area (Å²) in [5.74, 6) is 1.07. The zero-order valence-corrected chi connectivity index (χ0v) is 18.2. The molecule has 0 saturated heterocycles. The first-order valence-electron chi connectivity index (χ1n) is 9.94. The summed E-state index contributed by atoms with van der Waals surface area (Å²) in [4.78, 5) is 15.9. The second-order valence-electron chi connectivity index (χ2n) is 6.85. The highest BCUT2D eigenvalue weighted by Crippen LogP contribution is 2.35. The van der Waals surface area contributed by atoms with E-state index in [0.717, 1.165) is 11.3 Å². The molecule has 0 saturated carbocycles. The van der Waals surface area contributed by atoms with Gasteiger partial charge in [0.2, 0.25) is 5.88 Å². The fourth-order valence-electron chi connectivity index (χ4n) is 3.47.